The lowest BCUT2D eigenvalue weighted by atomic mass is 10.2. The Morgan fingerprint density at radius 2 is 2.20 bits per heavy atom. The fourth-order valence-electron chi connectivity index (χ4n) is 1.98. The predicted molar refractivity (Wildman–Crippen MR) is 65.5 cm³/mol. The van der Waals surface area contributed by atoms with Crippen LogP contribution < -0.4 is 10.6 Å². The summed E-state index contributed by atoms with van der Waals surface area (Å²) in [5.74, 6) is 0. The van der Waals surface area contributed by atoms with Gasteiger partial charge in [0.05, 0.1) is 10.6 Å². The van der Waals surface area contributed by atoms with Gasteiger partial charge in [-0.2, -0.15) is 0 Å². The zero-order valence-corrected chi connectivity index (χ0v) is 8.88. The van der Waals surface area contributed by atoms with Crippen LogP contribution in [0.2, 0.25) is 0 Å². The molecule has 0 unspecified atom stereocenters. The number of allylic oxidation sites excluding steroid dienone is 1. The van der Waals surface area contributed by atoms with E-state index >= 15 is 0 Å². The first kappa shape index (κ1) is 9.61. The molecule has 0 amide bonds. The van der Waals surface area contributed by atoms with Gasteiger partial charge in [0.2, 0.25) is 0 Å². The summed E-state index contributed by atoms with van der Waals surface area (Å²) in [4.78, 5) is 0. The van der Waals surface area contributed by atoms with Crippen molar-refractivity contribution >= 4 is 24.0 Å². The van der Waals surface area contributed by atoms with Crippen molar-refractivity contribution in [2.24, 2.45) is 0 Å². The number of rotatable bonds is 3. The lowest BCUT2D eigenvalue weighted by Gasteiger charge is -2.02. The highest BCUT2D eigenvalue weighted by Gasteiger charge is 2.08. The Bertz CT molecular complexity index is 613. The molecule has 0 fully saturated rings. The van der Waals surface area contributed by atoms with Crippen LogP contribution in [0.3, 0.4) is 0 Å². The quantitative estimate of drug-likeness (QED) is 0.647. The molecule has 0 radical (unpaired) electrons. The van der Waals surface area contributed by atoms with Crippen LogP contribution >= 0.6 is 0 Å². The van der Waals surface area contributed by atoms with Gasteiger partial charge in [0.25, 0.3) is 0 Å². The van der Waals surface area contributed by atoms with Gasteiger partial charge in [0.15, 0.2) is 0 Å². The summed E-state index contributed by atoms with van der Waals surface area (Å²) in [6.45, 7) is 10.7. The molecule has 1 heteroatoms. The summed E-state index contributed by atoms with van der Waals surface area (Å²) >= 11 is 0. The third-order valence-corrected chi connectivity index (χ3v) is 2.62. The van der Waals surface area contributed by atoms with E-state index in [0.717, 1.165) is 23.0 Å². The Kier molecular flexibility index (Phi) is 2.35. The fourth-order valence-corrected chi connectivity index (χ4v) is 1.98. The number of hydrogen-bond donors (Lipinski definition) is 0. The van der Waals surface area contributed by atoms with Crippen molar-refractivity contribution in [1.29, 1.82) is 0 Å². The lowest BCUT2D eigenvalue weighted by molar-refractivity contribution is 0.737. The molecule has 1 aromatic heterocycles. The molecule has 0 spiro atoms. The van der Waals surface area contributed by atoms with E-state index in [4.69, 9.17) is 0 Å². The average molecular weight is 195 g/mol. The largest absolute Gasteiger partial charge is 0.340 e. The summed E-state index contributed by atoms with van der Waals surface area (Å²) < 4.78 is 2.21. The molecular formula is C14H13N. The number of fused-ring (bicyclic) bond motifs is 1. The van der Waals surface area contributed by atoms with Crippen molar-refractivity contribution in [3.05, 3.63) is 46.8 Å². The van der Waals surface area contributed by atoms with E-state index in [1.807, 2.05) is 18.2 Å². The van der Waals surface area contributed by atoms with Crippen LogP contribution in [0.1, 0.15) is 18.2 Å². The van der Waals surface area contributed by atoms with E-state index in [-0.39, 0.29) is 0 Å². The fraction of sp³-hybridized carbons (Fsp3) is 0.143. The monoisotopic (exact) mass is 195 g/mol. The molecule has 0 N–H and O–H groups in total. The minimum atomic E-state index is 0.920. The molecule has 1 aromatic rings. The van der Waals surface area contributed by atoms with Gasteiger partial charge in [-0.15, -0.1) is 0 Å². The zero-order chi connectivity index (χ0) is 10.8. The minimum Gasteiger partial charge on any atom is -0.340 e. The molecule has 1 aliphatic carbocycles. The molecule has 0 aromatic carbocycles. The van der Waals surface area contributed by atoms with Gasteiger partial charge in [-0.1, -0.05) is 30.7 Å². The highest BCUT2D eigenvalue weighted by molar-refractivity contribution is 5.65. The molecular weight excluding hydrogens is 182 g/mol. The van der Waals surface area contributed by atoms with Gasteiger partial charge in [0.1, 0.15) is 0 Å². The van der Waals surface area contributed by atoms with Crippen LogP contribution in [-0.2, 0) is 6.54 Å². The van der Waals surface area contributed by atoms with E-state index < -0.39 is 0 Å². The maximum Gasteiger partial charge on any atom is 0.0583 e. The van der Waals surface area contributed by atoms with Gasteiger partial charge in [-0.05, 0) is 25.2 Å². The first-order valence-corrected chi connectivity index (χ1v) is 5.03. The van der Waals surface area contributed by atoms with E-state index in [9.17, 15) is 0 Å². The lowest BCUT2D eigenvalue weighted by Crippen LogP contribution is -2.29. The number of nitrogens with zero attached hydrogens (tertiary/aromatic N) is 1. The third-order valence-electron chi connectivity index (χ3n) is 2.62. The molecule has 15 heavy (non-hydrogen) atoms. The van der Waals surface area contributed by atoms with Gasteiger partial charge >= 0.3 is 0 Å². The van der Waals surface area contributed by atoms with E-state index in [2.05, 4.69) is 42.2 Å². The Balaban J connectivity index is 3.06. The van der Waals surface area contributed by atoms with Crippen molar-refractivity contribution in [3.8, 4) is 0 Å². The second-order valence-corrected chi connectivity index (χ2v) is 3.31. The second kappa shape index (κ2) is 3.67. The average Bonchev–Trinajstić information content (AvgIpc) is 2.61. The van der Waals surface area contributed by atoms with Crippen molar-refractivity contribution in [3.63, 3.8) is 0 Å². The second-order valence-electron chi connectivity index (χ2n) is 3.31. The summed E-state index contributed by atoms with van der Waals surface area (Å²) in [6.07, 6.45) is 7.66. The molecule has 2 rings (SSSR count). The van der Waals surface area contributed by atoms with Crippen LogP contribution in [0, 0.1) is 0 Å². The molecule has 0 saturated heterocycles. The Morgan fingerprint density at radius 1 is 1.40 bits per heavy atom. The summed E-state index contributed by atoms with van der Waals surface area (Å²) in [5.41, 5.74) is 8.32. The molecule has 1 heterocycles. The standard InChI is InChI=1S/C14H13N/c1-4-11-12-9-7-8-10-14(12)15(6-3)13(11)5-2/h4-5,8,10H,1-2,6H2,3H3. The maximum absolute atomic E-state index is 3.85. The highest BCUT2D eigenvalue weighted by Crippen LogP contribution is 2.06. The number of aromatic nitrogens is 1. The van der Waals surface area contributed by atoms with Gasteiger partial charge < -0.3 is 4.57 Å². The summed E-state index contributed by atoms with van der Waals surface area (Å²) in [5, 5.41) is 2.24. The topological polar surface area (TPSA) is 4.93 Å². The van der Waals surface area contributed by atoms with Gasteiger partial charge in [-0.25, -0.2) is 0 Å². The van der Waals surface area contributed by atoms with E-state index in [1.54, 1.807) is 0 Å². The Hall–Kier alpha value is -1.94. The van der Waals surface area contributed by atoms with Crippen LogP contribution in [0.5, 0.6) is 0 Å². The van der Waals surface area contributed by atoms with Crippen LogP contribution in [0.4, 0.5) is 0 Å². The molecule has 0 atom stereocenters. The first-order valence-electron chi connectivity index (χ1n) is 5.03. The minimum absolute atomic E-state index is 0.920. The molecule has 74 valence electrons. The smallest absolute Gasteiger partial charge is 0.0583 e. The van der Waals surface area contributed by atoms with E-state index in [1.165, 1.54) is 5.35 Å². The summed E-state index contributed by atoms with van der Waals surface area (Å²) in [7, 11) is 0. The Morgan fingerprint density at radius 3 is 2.80 bits per heavy atom. The van der Waals surface area contributed by atoms with Crippen LogP contribution in [0.25, 0.3) is 24.0 Å². The van der Waals surface area contributed by atoms with Crippen LogP contribution in [0.15, 0.2) is 25.0 Å². The van der Waals surface area contributed by atoms with Crippen molar-refractivity contribution in [1.82, 2.24) is 4.57 Å². The predicted octanol–water partition coefficient (Wildman–Crippen LogP) is 1.68. The van der Waals surface area contributed by atoms with Gasteiger partial charge in [-0.3, -0.25) is 0 Å². The normalized spacial score (nSPS) is 11.5. The first-order chi connectivity index (χ1) is 7.33. The molecule has 1 aliphatic rings. The third kappa shape index (κ3) is 1.27. The maximum atomic E-state index is 3.85. The van der Waals surface area contributed by atoms with Crippen molar-refractivity contribution < 1.29 is 0 Å². The van der Waals surface area contributed by atoms with Gasteiger partial charge in [0, 0.05) is 17.8 Å². The molecule has 1 nitrogen and oxygen atoms in total. The summed E-state index contributed by atoms with van der Waals surface area (Å²) in [6, 6.07) is 0. The number of hydrogen-bond acceptors (Lipinski definition) is 0. The molecule has 0 aliphatic heterocycles. The SMILES string of the molecule is C=Cc1c(C=C)n(CC)c2c1=C=C=CC=2. The van der Waals surface area contributed by atoms with Crippen molar-refractivity contribution in [2.75, 3.05) is 0 Å². The Labute approximate surface area is 89.4 Å². The highest BCUT2D eigenvalue weighted by atomic mass is 15.0. The molecule has 0 bridgehead atoms. The molecule has 0 saturated carbocycles. The van der Waals surface area contributed by atoms with Crippen LogP contribution in [-0.4, -0.2) is 4.57 Å². The van der Waals surface area contributed by atoms with E-state index in [0.29, 0.717) is 0 Å². The van der Waals surface area contributed by atoms with Crippen molar-refractivity contribution in [2.45, 2.75) is 13.5 Å². The zero-order valence-electron chi connectivity index (χ0n) is 8.88.